The molecule has 0 radical (unpaired) electrons. The van der Waals surface area contributed by atoms with Gasteiger partial charge in [-0.2, -0.15) is 0 Å². The lowest BCUT2D eigenvalue weighted by Crippen LogP contribution is -2.57. The summed E-state index contributed by atoms with van der Waals surface area (Å²) in [7, 11) is 0. The van der Waals surface area contributed by atoms with E-state index < -0.39 is 42.3 Å². The fourth-order valence-corrected chi connectivity index (χ4v) is 6.79. The van der Waals surface area contributed by atoms with E-state index in [1.54, 1.807) is 29.3 Å². The molecule has 5 atom stereocenters. The summed E-state index contributed by atoms with van der Waals surface area (Å²) in [5.41, 5.74) is 8.15. The Hall–Kier alpha value is -4.20. The number of hydrogen-bond acceptors (Lipinski definition) is 8. The molecular formula is C37H50FN7O5. The third kappa shape index (κ3) is 11.2. The van der Waals surface area contributed by atoms with Gasteiger partial charge in [-0.3, -0.25) is 19.1 Å². The highest BCUT2D eigenvalue weighted by molar-refractivity contribution is 5.88. The number of benzene rings is 1. The second-order valence-corrected chi connectivity index (χ2v) is 13.5. The van der Waals surface area contributed by atoms with Crippen molar-refractivity contribution >= 4 is 17.8 Å². The first kappa shape index (κ1) is 37.1. The van der Waals surface area contributed by atoms with Crippen LogP contribution in [0, 0.1) is 5.92 Å². The maximum atomic E-state index is 15.3. The van der Waals surface area contributed by atoms with Crippen LogP contribution in [-0.4, -0.2) is 99.1 Å². The molecule has 3 heterocycles. The summed E-state index contributed by atoms with van der Waals surface area (Å²) in [5.74, 6) is -0.595. The summed E-state index contributed by atoms with van der Waals surface area (Å²) in [6, 6.07) is 11.7. The topological polar surface area (TPSA) is 165 Å². The first-order chi connectivity index (χ1) is 24.2. The molecule has 0 spiro atoms. The van der Waals surface area contributed by atoms with Crippen LogP contribution in [0.5, 0.6) is 0 Å². The lowest BCUT2D eigenvalue weighted by atomic mass is 9.83. The third-order valence-electron chi connectivity index (χ3n) is 9.59. The number of aliphatic hydroxyl groups is 1. The van der Waals surface area contributed by atoms with Gasteiger partial charge in [0.15, 0.2) is 0 Å². The highest BCUT2D eigenvalue weighted by Gasteiger charge is 2.32. The molecule has 2 aliphatic rings. The number of hydrogen-bond donors (Lipinski definition) is 4. The van der Waals surface area contributed by atoms with Gasteiger partial charge in [0.05, 0.1) is 37.1 Å². The summed E-state index contributed by atoms with van der Waals surface area (Å²) in [4.78, 5) is 50.7. The van der Waals surface area contributed by atoms with E-state index in [9.17, 15) is 19.5 Å². The van der Waals surface area contributed by atoms with Crippen LogP contribution >= 0.6 is 0 Å². The number of halogens is 1. The summed E-state index contributed by atoms with van der Waals surface area (Å²) in [6.45, 7) is 1.52. The normalized spacial score (nSPS) is 18.4. The number of alkyl halides is 1. The van der Waals surface area contributed by atoms with Crippen molar-refractivity contribution in [3.8, 4) is 0 Å². The van der Waals surface area contributed by atoms with Crippen LogP contribution < -0.4 is 16.4 Å². The highest BCUT2D eigenvalue weighted by Crippen LogP contribution is 2.29. The minimum atomic E-state index is -1.36. The molecule has 0 bridgehead atoms. The number of carbonyl (C=O) groups excluding carboxylic acids is 3. The minimum Gasteiger partial charge on any atom is -0.391 e. The van der Waals surface area contributed by atoms with Gasteiger partial charge in [0.1, 0.15) is 18.5 Å². The van der Waals surface area contributed by atoms with Crippen LogP contribution in [0.1, 0.15) is 66.7 Å². The number of morpholine rings is 1. The molecule has 1 unspecified atom stereocenters. The Bertz CT molecular complexity index is 1500. The van der Waals surface area contributed by atoms with E-state index in [0.29, 0.717) is 50.5 Å². The average Bonchev–Trinajstić information content (AvgIpc) is 3.60. The average molecular weight is 692 g/mol. The molecule has 13 heteroatoms. The van der Waals surface area contributed by atoms with Gasteiger partial charge < -0.3 is 31.1 Å². The smallest absolute Gasteiger partial charge is 0.318 e. The Balaban J connectivity index is 1.29. The molecule has 12 nitrogen and oxygen atoms in total. The predicted molar refractivity (Wildman–Crippen MR) is 186 cm³/mol. The molecule has 2 aromatic heterocycles. The molecule has 1 aromatic carbocycles. The quantitative estimate of drug-likeness (QED) is 0.189. The Morgan fingerprint density at radius 2 is 1.68 bits per heavy atom. The van der Waals surface area contributed by atoms with E-state index in [4.69, 9.17) is 10.5 Å². The Morgan fingerprint density at radius 1 is 0.940 bits per heavy atom. The fourth-order valence-electron chi connectivity index (χ4n) is 6.79. The molecule has 270 valence electrons. The number of amides is 3. The number of nitrogens with one attached hydrogen (secondary N) is 2. The van der Waals surface area contributed by atoms with Gasteiger partial charge in [-0.15, -0.1) is 0 Å². The van der Waals surface area contributed by atoms with Crippen molar-refractivity contribution in [1.82, 2.24) is 30.1 Å². The Morgan fingerprint density at radius 3 is 2.40 bits per heavy atom. The van der Waals surface area contributed by atoms with Gasteiger partial charge >= 0.3 is 6.03 Å². The van der Waals surface area contributed by atoms with Crippen LogP contribution in [-0.2, 0) is 28.8 Å². The van der Waals surface area contributed by atoms with E-state index in [-0.39, 0.29) is 31.1 Å². The van der Waals surface area contributed by atoms with Crippen LogP contribution in [0.4, 0.5) is 9.18 Å². The van der Waals surface area contributed by atoms with Crippen LogP contribution in [0.15, 0.2) is 67.3 Å². The molecule has 50 heavy (non-hydrogen) atoms. The SMILES string of the molecule is N[C@@H](Cc1ccccc1)C(=O)n1cnc(C[C@H](NC(=O)N2CCOCC2)C(=O)N[C@@H](CC2CCCCC2)[C@@H](O)CC(F)Cc2ccccn2)c1. The van der Waals surface area contributed by atoms with Gasteiger partial charge in [-0.25, -0.2) is 14.2 Å². The van der Waals surface area contributed by atoms with Crippen molar-refractivity contribution in [3.63, 3.8) is 0 Å². The number of nitrogens with zero attached hydrogens (tertiary/aromatic N) is 4. The van der Waals surface area contributed by atoms with Crippen LogP contribution in [0.3, 0.4) is 0 Å². The number of carbonyl (C=O) groups is 3. The van der Waals surface area contributed by atoms with E-state index >= 15 is 4.39 Å². The zero-order chi connectivity index (χ0) is 35.3. The van der Waals surface area contributed by atoms with E-state index in [2.05, 4.69) is 20.6 Å². The van der Waals surface area contributed by atoms with Gasteiger partial charge in [-0.05, 0) is 36.5 Å². The minimum absolute atomic E-state index is 0.0201. The number of urea groups is 1. The van der Waals surface area contributed by atoms with Crippen molar-refractivity contribution in [3.05, 3.63) is 84.2 Å². The summed E-state index contributed by atoms with van der Waals surface area (Å²) < 4.78 is 21.9. The molecular weight excluding hydrogens is 641 g/mol. The monoisotopic (exact) mass is 691 g/mol. The lowest BCUT2D eigenvalue weighted by molar-refractivity contribution is -0.125. The number of nitrogens with two attached hydrogens (primary N) is 1. The number of ether oxygens (including phenoxy) is 1. The number of aromatic nitrogens is 3. The second kappa shape index (κ2) is 18.7. The molecule has 3 aromatic rings. The molecule has 1 saturated heterocycles. The molecule has 3 amide bonds. The van der Waals surface area contributed by atoms with Crippen molar-refractivity contribution in [2.24, 2.45) is 11.7 Å². The number of aliphatic hydroxyl groups excluding tert-OH is 1. The molecule has 1 aliphatic heterocycles. The maximum absolute atomic E-state index is 15.3. The zero-order valence-electron chi connectivity index (χ0n) is 28.5. The number of rotatable bonds is 15. The van der Waals surface area contributed by atoms with Crippen LogP contribution in [0.25, 0.3) is 0 Å². The van der Waals surface area contributed by atoms with E-state index in [0.717, 1.165) is 37.7 Å². The third-order valence-corrected chi connectivity index (χ3v) is 9.59. The standard InChI is InChI=1S/C37H50FN7O5/c38-28(21-29-13-7-8-14-40-29)22-34(46)32(20-27-11-5-2-6-12-27)42-35(47)33(43-37(49)44-15-17-50-18-16-44)23-30-24-45(25-41-30)36(48)31(39)19-26-9-3-1-4-10-26/h1,3-4,7-10,13-14,24-25,27-28,31-34,46H,2,5-6,11-12,15-23,39H2,(H,42,47)(H,43,49)/t28?,31-,32-,33-,34-/m0/s1. The summed E-state index contributed by atoms with van der Waals surface area (Å²) in [6.07, 6.45) is 7.91. The highest BCUT2D eigenvalue weighted by atomic mass is 19.1. The zero-order valence-corrected chi connectivity index (χ0v) is 28.5. The van der Waals surface area contributed by atoms with Crippen LogP contribution in [0.2, 0.25) is 0 Å². The van der Waals surface area contributed by atoms with Gasteiger partial charge in [0.2, 0.25) is 11.8 Å². The van der Waals surface area contributed by atoms with Crippen molar-refractivity contribution in [1.29, 1.82) is 0 Å². The lowest BCUT2D eigenvalue weighted by Gasteiger charge is -2.33. The largest absolute Gasteiger partial charge is 0.391 e. The summed E-state index contributed by atoms with van der Waals surface area (Å²) in [5, 5.41) is 17.2. The maximum Gasteiger partial charge on any atom is 0.318 e. The van der Waals surface area contributed by atoms with E-state index in [1.165, 1.54) is 17.1 Å². The molecule has 1 aliphatic carbocycles. The fraction of sp³-hybridized carbons (Fsp3) is 0.541. The van der Waals surface area contributed by atoms with Crippen molar-refractivity contribution in [2.45, 2.75) is 94.6 Å². The molecule has 5 rings (SSSR count). The second-order valence-electron chi connectivity index (χ2n) is 13.5. The van der Waals surface area contributed by atoms with Gasteiger partial charge in [0.25, 0.3) is 0 Å². The number of pyridine rings is 1. The molecule has 1 saturated carbocycles. The first-order valence-corrected chi connectivity index (χ1v) is 17.8. The van der Waals surface area contributed by atoms with Crippen molar-refractivity contribution in [2.75, 3.05) is 26.3 Å². The summed E-state index contributed by atoms with van der Waals surface area (Å²) >= 11 is 0. The van der Waals surface area contributed by atoms with Gasteiger partial charge in [0, 0.05) is 50.4 Å². The number of imidazole rings is 1. The van der Waals surface area contributed by atoms with Gasteiger partial charge in [-0.1, -0.05) is 68.5 Å². The first-order valence-electron chi connectivity index (χ1n) is 17.8. The molecule has 5 N–H and O–H groups in total. The Labute approximate surface area is 293 Å². The predicted octanol–water partition coefficient (Wildman–Crippen LogP) is 3.23. The van der Waals surface area contributed by atoms with Crippen molar-refractivity contribution < 1.29 is 28.6 Å². The van der Waals surface area contributed by atoms with E-state index in [1.807, 2.05) is 30.3 Å². The molecule has 2 fully saturated rings. The Kier molecular flexibility index (Phi) is 13.9.